The maximum Gasteiger partial charge on any atom is 1.00 e. The number of alkyl halides is 1. The number of amides is 2. The van der Waals surface area contributed by atoms with E-state index in [2.05, 4.69) is 31.2 Å². The first-order valence-corrected chi connectivity index (χ1v) is 22.6. The number of likely N-dealkylation sites (tertiary alicyclic amines) is 2. The number of aromatic amines is 1. The SMILES string of the molecule is CCOC(=O)c1n[nH]c2ccccc12.COC(=O)c1nn(CC2CCN(C(=O)OCc3ccccc3)CC2)c2ccccc12.O=C(OCc1ccccc1)N1CCC(CBr)CC1.O=C([O-])O.[Cs+].[Cs+]. The van der Waals surface area contributed by atoms with Crippen LogP contribution in [0.3, 0.4) is 0 Å². The molecule has 0 radical (unpaired) electrons. The molecule has 2 amide bonds. The van der Waals surface area contributed by atoms with E-state index < -0.39 is 12.1 Å². The van der Waals surface area contributed by atoms with Crippen molar-refractivity contribution in [2.45, 2.75) is 52.4 Å². The maximum atomic E-state index is 12.4. The zero-order valence-electron chi connectivity index (χ0n) is 38.9. The second kappa shape index (κ2) is 32.2. The molecular weight excluding hydrogens is 1180 g/mol. The average Bonchev–Trinajstić information content (AvgIpc) is 3.95. The molecule has 0 bridgehead atoms. The molecule has 0 aliphatic carbocycles. The normalized spacial score (nSPS) is 13.3. The van der Waals surface area contributed by atoms with Gasteiger partial charge in [-0.15, -0.1) is 0 Å². The average molecular weight is 1240 g/mol. The van der Waals surface area contributed by atoms with Crippen LogP contribution in [0.1, 0.15) is 64.7 Å². The predicted octanol–water partition coefficient (Wildman–Crippen LogP) is 1.94. The van der Waals surface area contributed by atoms with Crippen LogP contribution in [0.5, 0.6) is 0 Å². The smallest absolute Gasteiger partial charge is 0.565 e. The number of ether oxygens (including phenoxy) is 4. The Kier molecular flexibility index (Phi) is 28.1. The minimum absolute atomic E-state index is 0. The fourth-order valence-electron chi connectivity index (χ4n) is 7.27. The van der Waals surface area contributed by atoms with E-state index in [0.29, 0.717) is 56.1 Å². The quantitative estimate of drug-likeness (QED) is 0.114. The number of para-hydroxylation sites is 2. The number of piperidine rings is 2. The molecule has 68 heavy (non-hydrogen) atoms. The summed E-state index contributed by atoms with van der Waals surface area (Å²) in [5, 5.41) is 29.1. The Morgan fingerprint density at radius 2 is 1.15 bits per heavy atom. The molecule has 0 atom stereocenters. The number of benzene rings is 4. The van der Waals surface area contributed by atoms with Crippen molar-refractivity contribution in [3.8, 4) is 0 Å². The van der Waals surface area contributed by atoms with E-state index >= 15 is 0 Å². The maximum absolute atomic E-state index is 12.4. The van der Waals surface area contributed by atoms with Crippen molar-refractivity contribution in [2.24, 2.45) is 11.8 Å². The van der Waals surface area contributed by atoms with Crippen LogP contribution in [0, 0.1) is 11.8 Å². The van der Waals surface area contributed by atoms with Crippen molar-refractivity contribution in [2.75, 3.05) is 45.2 Å². The number of carbonyl (C=O) groups excluding carboxylic acids is 4. The van der Waals surface area contributed by atoms with E-state index in [9.17, 15) is 19.2 Å². The van der Waals surface area contributed by atoms with Gasteiger partial charge in [-0.3, -0.25) is 9.78 Å². The number of hydrogen-bond donors (Lipinski definition) is 2. The summed E-state index contributed by atoms with van der Waals surface area (Å²) < 4.78 is 22.4. The van der Waals surface area contributed by atoms with Crippen molar-refractivity contribution in [3.63, 3.8) is 0 Å². The standard InChI is InChI=1S/C23H25N3O4.C14H18BrNO2.C10H10N2O2.CH2O3.2Cs/c1-29-22(27)21-19-9-5-6-10-20(19)26(24-21)15-17-11-13-25(14-12-17)23(28)30-16-18-7-3-2-4-8-18;15-10-12-6-8-16(9-7-12)14(17)18-11-13-4-2-1-3-5-13;1-2-14-10(13)9-7-5-3-4-6-8(7)11-12-9;2-1(3)4;;/h2-10,17H,11-16H2,1H3;1-5,12H,6-11H2;3-6H,2H2,1H3,(H,11,12);(H2,2,3,4);;/q;;;;2*+1/p-1. The summed E-state index contributed by atoms with van der Waals surface area (Å²) >= 11 is 3.49. The molecule has 2 aliphatic rings. The first kappa shape index (κ1) is 59.5. The molecule has 0 unspecified atom stereocenters. The summed E-state index contributed by atoms with van der Waals surface area (Å²) in [6.07, 6.45) is 1.31. The van der Waals surface area contributed by atoms with Crippen LogP contribution in [-0.2, 0) is 38.7 Å². The summed E-state index contributed by atoms with van der Waals surface area (Å²) in [4.78, 5) is 59.7. The first-order valence-electron chi connectivity index (χ1n) is 21.5. The number of esters is 2. The van der Waals surface area contributed by atoms with Crippen LogP contribution in [0.4, 0.5) is 14.4 Å². The summed E-state index contributed by atoms with van der Waals surface area (Å²) in [5.74, 6) is 0.256. The van der Waals surface area contributed by atoms with E-state index in [1.165, 1.54) is 7.11 Å². The minimum atomic E-state index is -2.08. The van der Waals surface area contributed by atoms with Crippen LogP contribution in [0.15, 0.2) is 109 Å². The molecule has 4 aromatic carbocycles. The Hall–Kier alpha value is -2.85. The van der Waals surface area contributed by atoms with Crippen molar-refractivity contribution in [1.82, 2.24) is 29.8 Å². The van der Waals surface area contributed by atoms with Gasteiger partial charge < -0.3 is 43.8 Å². The van der Waals surface area contributed by atoms with Gasteiger partial charge >= 0.3 is 162 Å². The second-order valence-electron chi connectivity index (χ2n) is 15.2. The second-order valence-corrected chi connectivity index (χ2v) is 15.9. The Labute approximate surface area is 521 Å². The van der Waals surface area contributed by atoms with E-state index in [-0.39, 0.29) is 163 Å². The number of halogens is 1. The van der Waals surface area contributed by atoms with E-state index in [0.717, 1.165) is 77.0 Å². The van der Waals surface area contributed by atoms with Gasteiger partial charge in [-0.2, -0.15) is 10.2 Å². The summed E-state index contributed by atoms with van der Waals surface area (Å²) in [6.45, 7) is 6.40. The number of nitrogens with zero attached hydrogens (tertiary/aromatic N) is 5. The van der Waals surface area contributed by atoms with E-state index in [1.54, 1.807) is 11.8 Å². The van der Waals surface area contributed by atoms with E-state index in [4.69, 9.17) is 34.0 Å². The molecule has 2 aliphatic heterocycles. The third-order valence-corrected chi connectivity index (χ3v) is 11.7. The topological polar surface area (TPSA) is 219 Å². The zero-order chi connectivity index (χ0) is 47.3. The van der Waals surface area contributed by atoms with E-state index in [1.807, 2.05) is 119 Å². The number of hydrogen-bond acceptors (Lipinski definition) is 12. The van der Waals surface area contributed by atoms with Gasteiger partial charge in [0.15, 0.2) is 11.4 Å². The molecule has 8 rings (SSSR count). The Morgan fingerprint density at radius 3 is 1.65 bits per heavy atom. The van der Waals surface area contributed by atoms with Crippen LogP contribution in [-0.4, -0.2) is 110 Å². The first-order chi connectivity index (χ1) is 32.0. The van der Waals surface area contributed by atoms with Crippen LogP contribution < -0.4 is 143 Å². The van der Waals surface area contributed by atoms with Crippen molar-refractivity contribution < 1.29 is 191 Å². The van der Waals surface area contributed by atoms with Crippen molar-refractivity contribution in [3.05, 3.63) is 132 Å². The van der Waals surface area contributed by atoms with Gasteiger partial charge in [-0.1, -0.05) is 113 Å². The monoisotopic (exact) mass is 1240 g/mol. The molecule has 20 heteroatoms. The summed E-state index contributed by atoms with van der Waals surface area (Å²) in [7, 11) is 1.36. The number of fused-ring (bicyclic) bond motifs is 2. The van der Waals surface area contributed by atoms with Gasteiger partial charge in [0, 0.05) is 48.8 Å². The minimum Gasteiger partial charge on any atom is -0.565 e. The van der Waals surface area contributed by atoms with Crippen molar-refractivity contribution >= 4 is 68.0 Å². The zero-order valence-corrected chi connectivity index (χ0v) is 53.0. The van der Waals surface area contributed by atoms with Gasteiger partial charge in [0.2, 0.25) is 6.16 Å². The molecule has 6 aromatic rings. The van der Waals surface area contributed by atoms with Crippen LogP contribution >= 0.6 is 15.9 Å². The number of aromatic nitrogens is 4. The molecular formula is C48H54BrCs2N6O11+. The third-order valence-electron chi connectivity index (χ3n) is 10.8. The third kappa shape index (κ3) is 19.1. The molecule has 2 N–H and O–H groups in total. The number of carbonyl (C=O) groups is 5. The molecule has 0 spiro atoms. The molecule has 17 nitrogen and oxygen atoms in total. The molecule has 2 saturated heterocycles. The molecule has 2 aromatic heterocycles. The molecule has 2 fully saturated rings. The number of nitrogens with one attached hydrogen (secondary N) is 1. The van der Waals surface area contributed by atoms with Gasteiger partial charge in [0.05, 0.1) is 24.8 Å². The number of methoxy groups -OCH3 is 1. The van der Waals surface area contributed by atoms with Crippen LogP contribution in [0.25, 0.3) is 21.8 Å². The Bertz CT molecular complexity index is 2480. The molecule has 350 valence electrons. The van der Waals surface area contributed by atoms with Gasteiger partial charge in [-0.05, 0) is 67.7 Å². The van der Waals surface area contributed by atoms with Gasteiger partial charge in [0.25, 0.3) is 0 Å². The van der Waals surface area contributed by atoms with Crippen LogP contribution in [0.2, 0.25) is 0 Å². The van der Waals surface area contributed by atoms with Gasteiger partial charge in [0.1, 0.15) is 13.2 Å². The number of rotatable bonds is 10. The molecule has 0 saturated carbocycles. The van der Waals surface area contributed by atoms with Crippen molar-refractivity contribution in [1.29, 1.82) is 0 Å². The summed E-state index contributed by atoms with van der Waals surface area (Å²) in [6, 6.07) is 34.6. The Balaban J connectivity index is 0.000000275. The summed E-state index contributed by atoms with van der Waals surface area (Å²) in [5.41, 5.74) is 4.46. The number of H-pyrrole nitrogens is 1. The van der Waals surface area contributed by atoms with Gasteiger partial charge in [-0.25, -0.2) is 19.2 Å². The number of carboxylic acid groups (broad SMARTS) is 2. The fourth-order valence-corrected chi connectivity index (χ4v) is 7.91. The fraction of sp³-hybridized carbons (Fsp3) is 0.354. The predicted molar refractivity (Wildman–Crippen MR) is 247 cm³/mol. The molecule has 4 heterocycles. The Morgan fingerprint density at radius 1 is 0.676 bits per heavy atom. The largest absolute Gasteiger partial charge is 1.00 e.